The van der Waals surface area contributed by atoms with Crippen molar-refractivity contribution in [3.8, 4) is 11.6 Å². The second-order valence-corrected chi connectivity index (χ2v) is 6.10. The number of rotatable bonds is 5. The van der Waals surface area contributed by atoms with Crippen LogP contribution in [0, 0.1) is 6.92 Å². The van der Waals surface area contributed by atoms with Gasteiger partial charge >= 0.3 is 6.03 Å². The number of pyridine rings is 1. The SMILES string of the molecule is COc1ccc(CNC(=O)N2CC[C@@H](Oc3cccc(C)n3)C2)cc1. The van der Waals surface area contributed by atoms with Gasteiger partial charge in [0.05, 0.1) is 13.7 Å². The minimum atomic E-state index is -0.0703. The third-order valence-corrected chi connectivity index (χ3v) is 4.19. The Kier molecular flexibility index (Phi) is 5.38. The van der Waals surface area contributed by atoms with Crippen molar-refractivity contribution in [2.24, 2.45) is 0 Å². The molecule has 2 heterocycles. The highest BCUT2D eigenvalue weighted by atomic mass is 16.5. The number of benzene rings is 1. The van der Waals surface area contributed by atoms with Crippen molar-refractivity contribution >= 4 is 6.03 Å². The minimum absolute atomic E-state index is 0.0129. The number of urea groups is 1. The molecule has 0 spiro atoms. The molecule has 0 unspecified atom stereocenters. The Labute approximate surface area is 147 Å². The van der Waals surface area contributed by atoms with Crippen molar-refractivity contribution in [2.75, 3.05) is 20.2 Å². The molecule has 1 saturated heterocycles. The van der Waals surface area contributed by atoms with E-state index < -0.39 is 0 Å². The number of carbonyl (C=O) groups is 1. The molecular formula is C19H23N3O3. The molecule has 1 atom stereocenters. The van der Waals surface area contributed by atoms with E-state index in [1.165, 1.54) is 0 Å². The van der Waals surface area contributed by atoms with Crippen LogP contribution in [0.25, 0.3) is 0 Å². The van der Waals surface area contributed by atoms with Crippen LogP contribution in [-0.2, 0) is 6.54 Å². The predicted octanol–water partition coefficient (Wildman–Crippen LogP) is 2.76. The number of amides is 2. The Hall–Kier alpha value is -2.76. The first-order valence-electron chi connectivity index (χ1n) is 8.40. The van der Waals surface area contributed by atoms with Gasteiger partial charge in [0.1, 0.15) is 11.9 Å². The van der Waals surface area contributed by atoms with Crippen LogP contribution in [0.4, 0.5) is 4.79 Å². The molecule has 0 radical (unpaired) electrons. The third-order valence-electron chi connectivity index (χ3n) is 4.19. The second kappa shape index (κ2) is 7.88. The normalized spacial score (nSPS) is 16.6. The lowest BCUT2D eigenvalue weighted by Crippen LogP contribution is -2.39. The van der Waals surface area contributed by atoms with Gasteiger partial charge in [0.2, 0.25) is 5.88 Å². The summed E-state index contributed by atoms with van der Waals surface area (Å²) in [5.41, 5.74) is 1.95. The van der Waals surface area contributed by atoms with Gasteiger partial charge in [0.15, 0.2) is 0 Å². The molecule has 1 aromatic heterocycles. The zero-order valence-corrected chi connectivity index (χ0v) is 14.6. The Balaban J connectivity index is 1.47. The average molecular weight is 341 g/mol. The molecule has 1 fully saturated rings. The maximum absolute atomic E-state index is 12.3. The van der Waals surface area contributed by atoms with Gasteiger partial charge in [-0.15, -0.1) is 0 Å². The summed E-state index contributed by atoms with van der Waals surface area (Å²) in [6.45, 7) is 3.68. The molecule has 1 aliphatic heterocycles. The fourth-order valence-electron chi connectivity index (χ4n) is 2.80. The molecule has 2 amide bonds. The lowest BCUT2D eigenvalue weighted by molar-refractivity contribution is 0.183. The number of nitrogens with zero attached hydrogens (tertiary/aromatic N) is 2. The van der Waals surface area contributed by atoms with Crippen molar-refractivity contribution < 1.29 is 14.3 Å². The molecule has 25 heavy (non-hydrogen) atoms. The van der Waals surface area contributed by atoms with Gasteiger partial charge in [0.25, 0.3) is 0 Å². The molecule has 132 valence electrons. The van der Waals surface area contributed by atoms with Gasteiger partial charge in [-0.3, -0.25) is 0 Å². The molecule has 1 N–H and O–H groups in total. The number of aromatic nitrogens is 1. The van der Waals surface area contributed by atoms with Gasteiger partial charge in [-0.1, -0.05) is 18.2 Å². The van der Waals surface area contributed by atoms with Crippen LogP contribution >= 0.6 is 0 Å². The Bertz CT molecular complexity index is 718. The number of nitrogens with one attached hydrogen (secondary N) is 1. The average Bonchev–Trinajstić information content (AvgIpc) is 3.08. The molecule has 1 aliphatic rings. The van der Waals surface area contributed by atoms with E-state index in [9.17, 15) is 4.79 Å². The highest BCUT2D eigenvalue weighted by Gasteiger charge is 2.27. The molecule has 0 aliphatic carbocycles. The summed E-state index contributed by atoms with van der Waals surface area (Å²) in [6.07, 6.45) is 0.798. The molecule has 0 saturated carbocycles. The summed E-state index contributed by atoms with van der Waals surface area (Å²) in [4.78, 5) is 18.4. The zero-order chi connectivity index (χ0) is 17.6. The summed E-state index contributed by atoms with van der Waals surface area (Å²) in [5, 5.41) is 2.95. The van der Waals surface area contributed by atoms with Gasteiger partial charge in [-0.2, -0.15) is 0 Å². The van der Waals surface area contributed by atoms with E-state index in [0.29, 0.717) is 25.5 Å². The van der Waals surface area contributed by atoms with Crippen LogP contribution in [-0.4, -0.2) is 42.2 Å². The number of hydrogen-bond donors (Lipinski definition) is 1. The number of carbonyl (C=O) groups excluding carboxylic acids is 1. The Morgan fingerprint density at radius 3 is 2.80 bits per heavy atom. The van der Waals surface area contributed by atoms with Gasteiger partial charge in [0, 0.05) is 31.3 Å². The van der Waals surface area contributed by atoms with Gasteiger partial charge in [-0.05, 0) is 30.7 Å². The Morgan fingerprint density at radius 2 is 2.08 bits per heavy atom. The number of aryl methyl sites for hydroxylation is 1. The monoisotopic (exact) mass is 341 g/mol. The molecule has 1 aromatic carbocycles. The summed E-state index contributed by atoms with van der Waals surface area (Å²) >= 11 is 0. The molecule has 3 rings (SSSR count). The predicted molar refractivity (Wildman–Crippen MR) is 94.8 cm³/mol. The van der Waals surface area contributed by atoms with Crippen molar-refractivity contribution in [1.29, 1.82) is 0 Å². The van der Waals surface area contributed by atoms with E-state index in [1.807, 2.05) is 49.4 Å². The van der Waals surface area contributed by atoms with Gasteiger partial charge in [-0.25, -0.2) is 9.78 Å². The number of methoxy groups -OCH3 is 1. The van der Waals surface area contributed by atoms with Crippen molar-refractivity contribution in [1.82, 2.24) is 15.2 Å². The van der Waals surface area contributed by atoms with Crippen LogP contribution in [0.2, 0.25) is 0 Å². The minimum Gasteiger partial charge on any atom is -0.497 e. The largest absolute Gasteiger partial charge is 0.497 e. The summed E-state index contributed by atoms with van der Waals surface area (Å²) in [6, 6.07) is 13.3. The van der Waals surface area contributed by atoms with E-state index in [4.69, 9.17) is 9.47 Å². The van der Waals surface area contributed by atoms with Gasteiger partial charge < -0.3 is 19.7 Å². The molecule has 6 nitrogen and oxygen atoms in total. The maximum Gasteiger partial charge on any atom is 0.317 e. The van der Waals surface area contributed by atoms with Crippen LogP contribution in [0.1, 0.15) is 17.7 Å². The van der Waals surface area contributed by atoms with E-state index >= 15 is 0 Å². The molecule has 2 aromatic rings. The maximum atomic E-state index is 12.3. The fourth-order valence-corrected chi connectivity index (χ4v) is 2.80. The molecular weight excluding hydrogens is 318 g/mol. The van der Waals surface area contributed by atoms with E-state index in [0.717, 1.165) is 23.4 Å². The summed E-state index contributed by atoms with van der Waals surface area (Å²) in [7, 11) is 1.63. The lowest BCUT2D eigenvalue weighted by Gasteiger charge is -2.18. The second-order valence-electron chi connectivity index (χ2n) is 6.10. The smallest absolute Gasteiger partial charge is 0.317 e. The van der Waals surface area contributed by atoms with Crippen molar-refractivity contribution in [3.63, 3.8) is 0 Å². The van der Waals surface area contributed by atoms with Crippen LogP contribution in [0.3, 0.4) is 0 Å². The van der Waals surface area contributed by atoms with Crippen LogP contribution in [0.5, 0.6) is 11.6 Å². The first-order valence-corrected chi connectivity index (χ1v) is 8.40. The number of ether oxygens (including phenoxy) is 2. The van der Waals surface area contributed by atoms with Crippen molar-refractivity contribution in [2.45, 2.75) is 26.0 Å². The lowest BCUT2D eigenvalue weighted by atomic mass is 10.2. The molecule has 6 heteroatoms. The fraction of sp³-hybridized carbons (Fsp3) is 0.368. The topological polar surface area (TPSA) is 63.7 Å². The van der Waals surface area contributed by atoms with Crippen LogP contribution < -0.4 is 14.8 Å². The highest BCUT2D eigenvalue weighted by Crippen LogP contribution is 2.17. The highest BCUT2D eigenvalue weighted by molar-refractivity contribution is 5.74. The third kappa shape index (κ3) is 4.62. The molecule has 0 bridgehead atoms. The first kappa shape index (κ1) is 17.1. The quantitative estimate of drug-likeness (QED) is 0.908. The van der Waals surface area contributed by atoms with Crippen molar-refractivity contribution in [3.05, 3.63) is 53.7 Å². The first-order chi connectivity index (χ1) is 12.1. The van der Waals surface area contributed by atoms with E-state index in [-0.39, 0.29) is 12.1 Å². The van der Waals surface area contributed by atoms with E-state index in [1.54, 1.807) is 12.0 Å². The van der Waals surface area contributed by atoms with E-state index in [2.05, 4.69) is 10.3 Å². The van der Waals surface area contributed by atoms with Crippen LogP contribution in [0.15, 0.2) is 42.5 Å². The summed E-state index contributed by atoms with van der Waals surface area (Å²) < 4.78 is 11.0. The summed E-state index contributed by atoms with van der Waals surface area (Å²) in [5.74, 6) is 1.42. The number of likely N-dealkylation sites (tertiary alicyclic amines) is 1. The Morgan fingerprint density at radius 1 is 1.28 bits per heavy atom. The standard InChI is InChI=1S/C19H23N3O3/c1-14-4-3-5-18(21-14)25-17-10-11-22(13-17)19(23)20-12-15-6-8-16(24-2)9-7-15/h3-9,17H,10-13H2,1-2H3,(H,20,23)/t17-/m1/s1. The number of hydrogen-bond acceptors (Lipinski definition) is 4. The zero-order valence-electron chi connectivity index (χ0n) is 14.6.